The zero-order valence-electron chi connectivity index (χ0n) is 16.2. The molecule has 0 spiro atoms. The molecule has 1 heterocycles. The predicted molar refractivity (Wildman–Crippen MR) is 114 cm³/mol. The van der Waals surface area contributed by atoms with E-state index in [2.05, 4.69) is 41.0 Å². The van der Waals surface area contributed by atoms with Crippen LogP contribution in [0, 0.1) is 0 Å². The Morgan fingerprint density at radius 1 is 1.04 bits per heavy atom. The minimum atomic E-state index is 0. The SMILES string of the molecule is Cl.O=C(CCc1cccc(OC2CCCC2)c1)NCc1ccc2c(c1)CNC2. The van der Waals surface area contributed by atoms with E-state index in [1.165, 1.54) is 24.0 Å². The summed E-state index contributed by atoms with van der Waals surface area (Å²) >= 11 is 0. The van der Waals surface area contributed by atoms with Gasteiger partial charge < -0.3 is 15.4 Å². The lowest BCUT2D eigenvalue weighted by Crippen LogP contribution is -2.23. The number of ether oxygens (including phenoxy) is 1. The van der Waals surface area contributed by atoms with Crippen LogP contribution >= 0.6 is 12.4 Å². The van der Waals surface area contributed by atoms with Crippen LogP contribution in [-0.4, -0.2) is 12.0 Å². The van der Waals surface area contributed by atoms with E-state index in [9.17, 15) is 4.79 Å². The fourth-order valence-corrected chi connectivity index (χ4v) is 3.98. The van der Waals surface area contributed by atoms with Gasteiger partial charge in [-0.05, 0) is 66.5 Å². The Hall–Kier alpha value is -2.04. The predicted octanol–water partition coefficient (Wildman–Crippen LogP) is 4.28. The summed E-state index contributed by atoms with van der Waals surface area (Å²) in [6.45, 7) is 2.47. The first-order valence-corrected chi connectivity index (χ1v) is 10.1. The molecule has 1 amide bonds. The number of carbonyl (C=O) groups excluding carboxylic acids is 1. The second-order valence-electron chi connectivity index (χ2n) is 7.66. The Kier molecular flexibility index (Phi) is 7.35. The minimum Gasteiger partial charge on any atom is -0.490 e. The summed E-state index contributed by atoms with van der Waals surface area (Å²) in [6, 6.07) is 14.7. The molecular weight excluding hydrogens is 372 g/mol. The zero-order chi connectivity index (χ0) is 18.5. The molecule has 1 saturated carbocycles. The molecule has 1 aliphatic carbocycles. The van der Waals surface area contributed by atoms with Gasteiger partial charge in [0.25, 0.3) is 0 Å². The fourth-order valence-electron chi connectivity index (χ4n) is 3.98. The van der Waals surface area contributed by atoms with Gasteiger partial charge in [-0.1, -0.05) is 30.3 Å². The van der Waals surface area contributed by atoms with Gasteiger partial charge >= 0.3 is 0 Å². The summed E-state index contributed by atoms with van der Waals surface area (Å²) in [6.07, 6.45) is 6.46. The average Bonchev–Trinajstić information content (AvgIpc) is 3.36. The number of halogens is 1. The molecule has 2 aromatic rings. The molecule has 2 N–H and O–H groups in total. The zero-order valence-corrected chi connectivity index (χ0v) is 17.0. The minimum absolute atomic E-state index is 0. The summed E-state index contributed by atoms with van der Waals surface area (Å²) in [5, 5.41) is 6.39. The molecular formula is C23H29ClN2O2. The smallest absolute Gasteiger partial charge is 0.220 e. The highest BCUT2D eigenvalue weighted by Gasteiger charge is 2.16. The van der Waals surface area contributed by atoms with Crippen LogP contribution in [0.25, 0.3) is 0 Å². The summed E-state index contributed by atoms with van der Waals surface area (Å²) in [5.41, 5.74) is 5.03. The van der Waals surface area contributed by atoms with E-state index in [1.807, 2.05) is 12.1 Å². The molecule has 5 heteroatoms. The molecule has 1 aliphatic heterocycles. The lowest BCUT2D eigenvalue weighted by molar-refractivity contribution is -0.121. The molecule has 150 valence electrons. The Morgan fingerprint density at radius 3 is 2.71 bits per heavy atom. The van der Waals surface area contributed by atoms with Gasteiger partial charge in [-0.25, -0.2) is 0 Å². The molecule has 28 heavy (non-hydrogen) atoms. The van der Waals surface area contributed by atoms with Crippen LogP contribution in [0.5, 0.6) is 5.75 Å². The van der Waals surface area contributed by atoms with Crippen LogP contribution in [0.3, 0.4) is 0 Å². The van der Waals surface area contributed by atoms with Crippen molar-refractivity contribution in [1.82, 2.24) is 10.6 Å². The van der Waals surface area contributed by atoms with E-state index in [0.717, 1.165) is 49.2 Å². The van der Waals surface area contributed by atoms with Crippen molar-refractivity contribution < 1.29 is 9.53 Å². The molecule has 0 radical (unpaired) electrons. The average molecular weight is 401 g/mol. The van der Waals surface area contributed by atoms with Gasteiger partial charge in [-0.3, -0.25) is 4.79 Å². The van der Waals surface area contributed by atoms with E-state index < -0.39 is 0 Å². The Morgan fingerprint density at radius 2 is 1.86 bits per heavy atom. The van der Waals surface area contributed by atoms with Crippen LogP contribution in [0.4, 0.5) is 0 Å². The number of hydrogen-bond donors (Lipinski definition) is 2. The summed E-state index contributed by atoms with van der Waals surface area (Å²) in [7, 11) is 0. The first kappa shape index (κ1) is 20.7. The third kappa shape index (κ3) is 5.49. The third-order valence-electron chi connectivity index (χ3n) is 5.54. The van der Waals surface area contributed by atoms with Crippen molar-refractivity contribution in [3.05, 3.63) is 64.7 Å². The molecule has 0 unspecified atom stereocenters. The molecule has 4 nitrogen and oxygen atoms in total. The van der Waals surface area contributed by atoms with Crippen LogP contribution in [0.2, 0.25) is 0 Å². The van der Waals surface area contributed by atoms with Gasteiger partial charge in [-0.2, -0.15) is 0 Å². The first-order chi connectivity index (χ1) is 13.3. The van der Waals surface area contributed by atoms with Crippen molar-refractivity contribution in [3.63, 3.8) is 0 Å². The van der Waals surface area contributed by atoms with E-state index in [1.54, 1.807) is 0 Å². The number of fused-ring (bicyclic) bond motifs is 1. The van der Waals surface area contributed by atoms with Crippen LogP contribution in [0.1, 0.15) is 54.4 Å². The van der Waals surface area contributed by atoms with Crippen molar-refractivity contribution in [3.8, 4) is 5.75 Å². The van der Waals surface area contributed by atoms with Gasteiger partial charge in [0.1, 0.15) is 5.75 Å². The van der Waals surface area contributed by atoms with Crippen LogP contribution < -0.4 is 15.4 Å². The molecule has 0 bridgehead atoms. The quantitative estimate of drug-likeness (QED) is 0.729. The van der Waals surface area contributed by atoms with Crippen LogP contribution in [0.15, 0.2) is 42.5 Å². The molecule has 2 aliphatic rings. The lowest BCUT2D eigenvalue weighted by Gasteiger charge is -2.14. The second kappa shape index (κ2) is 9.94. The maximum Gasteiger partial charge on any atom is 0.220 e. The molecule has 4 rings (SSSR count). The highest BCUT2D eigenvalue weighted by molar-refractivity contribution is 5.85. The van der Waals surface area contributed by atoms with Crippen molar-refractivity contribution in [2.75, 3.05) is 0 Å². The standard InChI is InChI=1S/C23H28N2O2.ClH/c26-23(25-14-18-8-10-19-15-24-16-20(19)12-18)11-9-17-4-3-7-22(13-17)27-21-5-1-2-6-21;/h3-4,7-8,10,12-13,21,24H,1-2,5-6,9,11,14-16H2,(H,25,26);1H. The van der Waals surface area contributed by atoms with Gasteiger partial charge in [0.15, 0.2) is 0 Å². The normalized spacial score (nSPS) is 15.7. The monoisotopic (exact) mass is 400 g/mol. The molecule has 2 aromatic carbocycles. The van der Waals surface area contributed by atoms with Gasteiger partial charge in [0.2, 0.25) is 5.91 Å². The number of aryl methyl sites for hydroxylation is 1. The van der Waals surface area contributed by atoms with E-state index in [-0.39, 0.29) is 18.3 Å². The summed E-state index contributed by atoms with van der Waals surface area (Å²) < 4.78 is 6.06. The Bertz CT molecular complexity index is 803. The molecule has 0 atom stereocenters. The molecule has 0 saturated heterocycles. The number of carbonyl (C=O) groups is 1. The number of hydrogen-bond acceptors (Lipinski definition) is 3. The highest BCUT2D eigenvalue weighted by Crippen LogP contribution is 2.25. The Balaban J connectivity index is 0.00000225. The number of benzene rings is 2. The van der Waals surface area contributed by atoms with Gasteiger partial charge in [0.05, 0.1) is 6.10 Å². The number of nitrogens with one attached hydrogen (secondary N) is 2. The van der Waals surface area contributed by atoms with Crippen molar-refractivity contribution in [2.45, 2.75) is 64.3 Å². The highest BCUT2D eigenvalue weighted by atomic mass is 35.5. The molecule has 0 aromatic heterocycles. The largest absolute Gasteiger partial charge is 0.490 e. The van der Waals surface area contributed by atoms with Crippen molar-refractivity contribution in [2.24, 2.45) is 0 Å². The summed E-state index contributed by atoms with van der Waals surface area (Å²) in [5.74, 6) is 1.03. The van der Waals surface area contributed by atoms with E-state index >= 15 is 0 Å². The number of amides is 1. The summed E-state index contributed by atoms with van der Waals surface area (Å²) in [4.78, 5) is 12.2. The first-order valence-electron chi connectivity index (χ1n) is 10.1. The maximum absolute atomic E-state index is 12.2. The van der Waals surface area contributed by atoms with E-state index in [0.29, 0.717) is 19.1 Å². The van der Waals surface area contributed by atoms with Gasteiger partial charge in [0, 0.05) is 26.1 Å². The number of rotatable bonds is 7. The van der Waals surface area contributed by atoms with Gasteiger partial charge in [-0.15, -0.1) is 12.4 Å². The molecule has 1 fully saturated rings. The van der Waals surface area contributed by atoms with Crippen LogP contribution in [-0.2, 0) is 30.8 Å². The fraction of sp³-hybridized carbons (Fsp3) is 0.435. The van der Waals surface area contributed by atoms with Crippen molar-refractivity contribution in [1.29, 1.82) is 0 Å². The maximum atomic E-state index is 12.2. The van der Waals surface area contributed by atoms with Crippen molar-refractivity contribution >= 4 is 18.3 Å². The third-order valence-corrected chi connectivity index (χ3v) is 5.54. The van der Waals surface area contributed by atoms with E-state index in [4.69, 9.17) is 4.74 Å². The topological polar surface area (TPSA) is 50.4 Å². The second-order valence-corrected chi connectivity index (χ2v) is 7.66. The Labute approximate surface area is 173 Å². The lowest BCUT2D eigenvalue weighted by atomic mass is 10.1.